The van der Waals surface area contributed by atoms with Crippen molar-refractivity contribution in [2.45, 2.75) is 51.7 Å². The lowest BCUT2D eigenvalue weighted by Crippen LogP contribution is -2.43. The van der Waals surface area contributed by atoms with Gasteiger partial charge in [-0.1, -0.05) is 26.8 Å². The van der Waals surface area contributed by atoms with E-state index in [1.807, 2.05) is 36.5 Å². The van der Waals surface area contributed by atoms with Crippen LogP contribution in [0.4, 0.5) is 21.9 Å². The van der Waals surface area contributed by atoms with Crippen LogP contribution in [0.25, 0.3) is 10.9 Å². The predicted octanol–water partition coefficient (Wildman–Crippen LogP) is 7.66. The molecule has 0 atom stereocenters. The Balaban J connectivity index is 1.26. The van der Waals surface area contributed by atoms with E-state index in [1.165, 1.54) is 0 Å². The number of benzene rings is 2. The molecule has 0 saturated carbocycles. The molecular formula is C33H41N5O4Si. The van der Waals surface area contributed by atoms with Crippen LogP contribution in [0.2, 0.25) is 18.1 Å². The minimum atomic E-state index is -2.14. The van der Waals surface area contributed by atoms with Crippen molar-refractivity contribution in [3.63, 3.8) is 0 Å². The highest BCUT2D eigenvalue weighted by molar-refractivity contribution is 6.74. The maximum atomic E-state index is 13.2. The van der Waals surface area contributed by atoms with Gasteiger partial charge in [0.1, 0.15) is 5.75 Å². The molecule has 9 nitrogen and oxygen atoms in total. The van der Waals surface area contributed by atoms with Gasteiger partial charge in [-0.05, 0) is 84.7 Å². The van der Waals surface area contributed by atoms with Crippen molar-refractivity contribution in [2.24, 2.45) is 5.92 Å². The number of nitrogens with zero attached hydrogens (tertiary/aromatic N) is 2. The largest absolute Gasteiger partial charge is 0.543 e. The monoisotopic (exact) mass is 599 g/mol. The standard InChI is InChI=1S/C33H41N5O4Si/c1-33(2,3)43(4,5)42-27-8-9-28(36-31(39)25-7-6-24-10-17-35-29(24)20-25)30(21-27)37-32(40)41-22-23-13-18-38(19-14-23)26-11-15-34-16-12-26/h6-12,15-17,20-21,23,35H,13-14,18-19,22H2,1-5H3,(H,36,39)(H,37,40). The maximum absolute atomic E-state index is 13.2. The molecule has 5 rings (SSSR count). The summed E-state index contributed by atoms with van der Waals surface area (Å²) in [5, 5.41) is 6.85. The van der Waals surface area contributed by atoms with Crippen LogP contribution in [0, 0.1) is 5.92 Å². The van der Waals surface area contributed by atoms with Gasteiger partial charge in [-0.2, -0.15) is 0 Å². The number of ether oxygens (including phenoxy) is 1. The van der Waals surface area contributed by atoms with E-state index in [9.17, 15) is 9.59 Å². The van der Waals surface area contributed by atoms with Crippen LogP contribution in [-0.4, -0.2) is 50.0 Å². The third-order valence-electron chi connectivity index (χ3n) is 8.56. The molecule has 226 valence electrons. The van der Waals surface area contributed by atoms with E-state index in [0.717, 1.165) is 42.5 Å². The van der Waals surface area contributed by atoms with Crippen LogP contribution in [0.5, 0.6) is 5.75 Å². The van der Waals surface area contributed by atoms with Gasteiger partial charge in [0.2, 0.25) is 8.32 Å². The van der Waals surface area contributed by atoms with E-state index in [0.29, 0.717) is 29.3 Å². The van der Waals surface area contributed by atoms with Gasteiger partial charge in [0.05, 0.1) is 18.0 Å². The number of hydrogen-bond acceptors (Lipinski definition) is 6. The molecular weight excluding hydrogens is 558 g/mol. The number of carbonyl (C=O) groups excluding carboxylic acids is 2. The van der Waals surface area contributed by atoms with Gasteiger partial charge in [0.15, 0.2) is 0 Å². The third kappa shape index (κ3) is 7.37. The van der Waals surface area contributed by atoms with E-state index in [2.05, 4.69) is 59.4 Å². The van der Waals surface area contributed by atoms with Gasteiger partial charge in [0.25, 0.3) is 5.91 Å². The Hall–Kier alpha value is -4.31. The molecule has 43 heavy (non-hydrogen) atoms. The zero-order valence-corrected chi connectivity index (χ0v) is 26.6. The molecule has 3 N–H and O–H groups in total. The van der Waals surface area contributed by atoms with Gasteiger partial charge in [-0.3, -0.25) is 15.1 Å². The fourth-order valence-electron chi connectivity index (χ4n) is 4.88. The number of H-pyrrole nitrogens is 1. The number of amides is 2. The average molecular weight is 600 g/mol. The number of piperidine rings is 1. The number of aromatic nitrogens is 2. The number of anilines is 3. The molecule has 1 fully saturated rings. The summed E-state index contributed by atoms with van der Waals surface area (Å²) in [5.74, 6) is 0.627. The molecule has 0 bridgehead atoms. The average Bonchev–Trinajstić information content (AvgIpc) is 3.45. The highest BCUT2D eigenvalue weighted by Crippen LogP contribution is 2.39. The van der Waals surface area contributed by atoms with Crippen molar-refractivity contribution in [1.82, 2.24) is 9.97 Å². The second-order valence-corrected chi connectivity index (χ2v) is 17.4. The number of rotatable bonds is 8. The first-order valence-corrected chi connectivity index (χ1v) is 17.7. The molecule has 2 aromatic heterocycles. The van der Waals surface area contributed by atoms with Crippen LogP contribution in [-0.2, 0) is 4.74 Å². The molecule has 0 aliphatic carbocycles. The summed E-state index contributed by atoms with van der Waals surface area (Å²) in [5.41, 5.74) is 3.42. The van der Waals surface area contributed by atoms with Gasteiger partial charge in [-0.25, -0.2) is 4.79 Å². The fourth-order valence-corrected chi connectivity index (χ4v) is 5.91. The summed E-state index contributed by atoms with van der Waals surface area (Å²) in [7, 11) is -2.14. The first-order valence-electron chi connectivity index (χ1n) is 14.8. The lowest BCUT2D eigenvalue weighted by Gasteiger charge is -2.36. The topological polar surface area (TPSA) is 109 Å². The predicted molar refractivity (Wildman–Crippen MR) is 175 cm³/mol. The highest BCUT2D eigenvalue weighted by Gasteiger charge is 2.39. The highest BCUT2D eigenvalue weighted by atomic mass is 28.4. The number of carbonyl (C=O) groups is 2. The Morgan fingerprint density at radius 3 is 2.44 bits per heavy atom. The van der Waals surface area contributed by atoms with Crippen LogP contribution in [0.15, 0.2) is 73.2 Å². The Morgan fingerprint density at radius 2 is 1.72 bits per heavy atom. The lowest BCUT2D eigenvalue weighted by molar-refractivity contribution is 0.102. The maximum Gasteiger partial charge on any atom is 0.411 e. The fraction of sp³-hybridized carbons (Fsp3) is 0.364. The third-order valence-corrected chi connectivity index (χ3v) is 12.9. The molecule has 10 heteroatoms. The molecule has 3 heterocycles. The van der Waals surface area contributed by atoms with Crippen LogP contribution in [0.1, 0.15) is 44.0 Å². The smallest absolute Gasteiger partial charge is 0.411 e. The summed E-state index contributed by atoms with van der Waals surface area (Å²) in [6.45, 7) is 13.0. The van der Waals surface area contributed by atoms with Gasteiger partial charge in [-0.15, -0.1) is 0 Å². The minimum Gasteiger partial charge on any atom is -0.543 e. The first-order chi connectivity index (χ1) is 20.5. The van der Waals surface area contributed by atoms with Gasteiger partial charge in [0, 0.05) is 54.5 Å². The second kappa shape index (κ2) is 12.5. The first kappa shape index (κ1) is 30.2. The molecule has 0 unspecified atom stereocenters. The van der Waals surface area contributed by atoms with Gasteiger partial charge < -0.3 is 24.4 Å². The Kier molecular flexibility index (Phi) is 8.77. The molecule has 0 spiro atoms. The number of pyridine rings is 1. The molecule has 4 aromatic rings. The molecule has 2 aromatic carbocycles. The van der Waals surface area contributed by atoms with Crippen molar-refractivity contribution in [1.29, 1.82) is 0 Å². The SMILES string of the molecule is CC(C)(C)[Si](C)(C)Oc1ccc(NC(=O)c2ccc3cc[nH]c3c2)c(NC(=O)OCC2CCN(c3ccncc3)CC2)c1. The van der Waals surface area contributed by atoms with Crippen molar-refractivity contribution < 1.29 is 18.8 Å². The zero-order chi connectivity index (χ0) is 30.6. The zero-order valence-electron chi connectivity index (χ0n) is 25.6. The van der Waals surface area contributed by atoms with Crippen molar-refractivity contribution in [3.05, 3.63) is 78.8 Å². The Morgan fingerprint density at radius 1 is 0.977 bits per heavy atom. The summed E-state index contributed by atoms with van der Waals surface area (Å²) in [4.78, 5) is 35.8. The number of aromatic amines is 1. The van der Waals surface area contributed by atoms with Crippen LogP contribution < -0.4 is 20.0 Å². The van der Waals surface area contributed by atoms with E-state index in [-0.39, 0.29) is 16.9 Å². The van der Waals surface area contributed by atoms with Crippen molar-refractivity contribution in [3.8, 4) is 5.75 Å². The quantitative estimate of drug-likeness (QED) is 0.179. The second-order valence-electron chi connectivity index (χ2n) is 12.7. The number of nitrogens with one attached hydrogen (secondary N) is 3. The summed E-state index contributed by atoms with van der Waals surface area (Å²) in [6, 6.07) is 16.8. The minimum absolute atomic E-state index is 0.00412. The normalized spacial score (nSPS) is 14.4. The van der Waals surface area contributed by atoms with E-state index >= 15 is 0 Å². The molecule has 2 amide bonds. The molecule has 0 radical (unpaired) electrons. The van der Waals surface area contributed by atoms with Crippen LogP contribution in [0.3, 0.4) is 0 Å². The van der Waals surface area contributed by atoms with E-state index in [1.54, 1.807) is 36.7 Å². The Bertz CT molecular complexity index is 1570. The Labute approximate surface area is 254 Å². The van der Waals surface area contributed by atoms with Crippen molar-refractivity contribution >= 4 is 48.3 Å². The lowest BCUT2D eigenvalue weighted by atomic mass is 9.97. The van der Waals surface area contributed by atoms with Gasteiger partial charge >= 0.3 is 6.09 Å². The van der Waals surface area contributed by atoms with E-state index in [4.69, 9.17) is 9.16 Å². The number of fused-ring (bicyclic) bond motifs is 1. The summed E-state index contributed by atoms with van der Waals surface area (Å²) >= 11 is 0. The van der Waals surface area contributed by atoms with E-state index < -0.39 is 14.4 Å². The molecule has 1 saturated heterocycles. The van der Waals surface area contributed by atoms with Crippen molar-refractivity contribution in [2.75, 3.05) is 35.2 Å². The van der Waals surface area contributed by atoms with Crippen LogP contribution >= 0.6 is 0 Å². The number of hydrogen-bond donors (Lipinski definition) is 3. The molecule has 1 aliphatic rings. The summed E-state index contributed by atoms with van der Waals surface area (Å²) < 4.78 is 12.2. The molecule has 1 aliphatic heterocycles. The summed E-state index contributed by atoms with van der Waals surface area (Å²) in [6.07, 6.45) is 6.74.